The molecule has 1 N–H and O–H groups in total. The Balaban J connectivity index is 1.89. The minimum atomic E-state index is -3.85. The van der Waals surface area contributed by atoms with Gasteiger partial charge in [-0.25, -0.2) is 8.42 Å². The second-order valence-corrected chi connectivity index (χ2v) is 6.54. The van der Waals surface area contributed by atoms with Crippen LogP contribution in [0.25, 0.3) is 0 Å². The zero-order valence-electron chi connectivity index (χ0n) is 11.5. The van der Waals surface area contributed by atoms with E-state index in [0.717, 1.165) is 5.56 Å². The summed E-state index contributed by atoms with van der Waals surface area (Å²) < 4.78 is 31.2. The Morgan fingerprint density at radius 3 is 2.36 bits per heavy atom. The average molecular weight is 340 g/mol. The molecule has 22 heavy (non-hydrogen) atoms. The monoisotopic (exact) mass is 339 g/mol. The molecule has 0 aliphatic carbocycles. The molecule has 0 unspecified atom stereocenters. The molecule has 0 radical (unpaired) electrons. The molecule has 0 amide bonds. The zero-order chi connectivity index (χ0) is 16.0. The number of nitrogens with one attached hydrogen (secondary N) is 1. The number of esters is 1. The van der Waals surface area contributed by atoms with Crippen LogP contribution in [0.2, 0.25) is 5.02 Å². The lowest BCUT2D eigenvalue weighted by molar-refractivity contribution is -0.143. The van der Waals surface area contributed by atoms with Crippen LogP contribution in [0.5, 0.6) is 0 Å². The van der Waals surface area contributed by atoms with Crippen LogP contribution in [0.15, 0.2) is 59.5 Å². The Bertz CT molecular complexity index is 747. The van der Waals surface area contributed by atoms with E-state index in [4.69, 9.17) is 16.3 Å². The minimum Gasteiger partial charge on any atom is -0.460 e. The molecule has 0 saturated heterocycles. The lowest BCUT2D eigenvalue weighted by Gasteiger charge is -2.08. The van der Waals surface area contributed by atoms with Crippen molar-refractivity contribution in [2.45, 2.75) is 11.5 Å². The summed E-state index contributed by atoms with van der Waals surface area (Å²) in [6, 6.07) is 15.1. The Kier molecular flexibility index (Phi) is 5.54. The number of sulfonamides is 1. The summed E-state index contributed by atoms with van der Waals surface area (Å²) in [5, 5.41) is 0.0904. The molecule has 0 aromatic heterocycles. The Morgan fingerprint density at radius 1 is 1.05 bits per heavy atom. The van der Waals surface area contributed by atoms with Gasteiger partial charge in [0.15, 0.2) is 0 Å². The molecule has 0 aliphatic heterocycles. The van der Waals surface area contributed by atoms with E-state index in [1.165, 1.54) is 12.1 Å². The highest BCUT2D eigenvalue weighted by Crippen LogP contribution is 2.19. The zero-order valence-corrected chi connectivity index (χ0v) is 13.1. The summed E-state index contributed by atoms with van der Waals surface area (Å²) >= 11 is 5.83. The largest absolute Gasteiger partial charge is 0.460 e. The van der Waals surface area contributed by atoms with E-state index in [9.17, 15) is 13.2 Å². The Morgan fingerprint density at radius 2 is 1.68 bits per heavy atom. The van der Waals surface area contributed by atoms with Crippen LogP contribution < -0.4 is 4.72 Å². The van der Waals surface area contributed by atoms with E-state index < -0.39 is 22.5 Å². The first-order chi connectivity index (χ1) is 10.5. The molecule has 0 spiro atoms. The smallest absolute Gasteiger partial charge is 0.321 e. The maximum Gasteiger partial charge on any atom is 0.321 e. The third kappa shape index (κ3) is 4.56. The normalized spacial score (nSPS) is 11.1. The molecule has 0 heterocycles. The van der Waals surface area contributed by atoms with Gasteiger partial charge in [0, 0.05) is 0 Å². The number of carbonyl (C=O) groups excluding carboxylic acids is 1. The van der Waals surface area contributed by atoms with Gasteiger partial charge in [0.05, 0.1) is 5.02 Å². The van der Waals surface area contributed by atoms with Gasteiger partial charge in [-0.05, 0) is 17.7 Å². The minimum absolute atomic E-state index is 0.0764. The lowest BCUT2D eigenvalue weighted by Crippen LogP contribution is -2.30. The van der Waals surface area contributed by atoms with Crippen molar-refractivity contribution < 1.29 is 17.9 Å². The van der Waals surface area contributed by atoms with Crippen LogP contribution in [0.3, 0.4) is 0 Å². The van der Waals surface area contributed by atoms with E-state index in [2.05, 4.69) is 4.72 Å². The van der Waals surface area contributed by atoms with Gasteiger partial charge in [-0.15, -0.1) is 0 Å². The molecule has 116 valence electrons. The number of benzene rings is 2. The summed E-state index contributed by atoms with van der Waals surface area (Å²) in [4.78, 5) is 11.5. The van der Waals surface area contributed by atoms with Crippen LogP contribution in [0.4, 0.5) is 0 Å². The van der Waals surface area contributed by atoms with Gasteiger partial charge in [0.25, 0.3) is 0 Å². The van der Waals surface area contributed by atoms with Crippen molar-refractivity contribution >= 4 is 27.6 Å². The number of halogens is 1. The quantitative estimate of drug-likeness (QED) is 0.820. The van der Waals surface area contributed by atoms with Crippen molar-refractivity contribution in [1.29, 1.82) is 0 Å². The van der Waals surface area contributed by atoms with Gasteiger partial charge in [-0.1, -0.05) is 54.1 Å². The molecular formula is C15H14ClNO4S. The highest BCUT2D eigenvalue weighted by Gasteiger charge is 2.18. The van der Waals surface area contributed by atoms with Gasteiger partial charge < -0.3 is 4.74 Å². The lowest BCUT2D eigenvalue weighted by atomic mass is 10.2. The van der Waals surface area contributed by atoms with E-state index >= 15 is 0 Å². The highest BCUT2D eigenvalue weighted by molar-refractivity contribution is 7.89. The van der Waals surface area contributed by atoms with Crippen molar-refractivity contribution in [2.75, 3.05) is 6.54 Å². The standard InChI is InChI=1S/C15H14ClNO4S/c16-13-8-4-5-9-14(13)22(19,20)17-10-15(18)21-11-12-6-2-1-3-7-12/h1-9,17H,10-11H2. The van der Waals surface area contributed by atoms with Crippen LogP contribution in [-0.2, 0) is 26.2 Å². The first kappa shape index (κ1) is 16.5. The maximum atomic E-state index is 12.0. The predicted octanol–water partition coefficient (Wildman–Crippen LogP) is 2.36. The summed E-state index contributed by atoms with van der Waals surface area (Å²) in [5.41, 5.74) is 0.824. The summed E-state index contributed by atoms with van der Waals surface area (Å²) in [6.45, 7) is -0.367. The van der Waals surface area contributed by atoms with Crippen LogP contribution in [0.1, 0.15) is 5.56 Å². The molecule has 2 rings (SSSR count). The second-order valence-electron chi connectivity index (χ2n) is 4.40. The maximum absolute atomic E-state index is 12.0. The third-order valence-electron chi connectivity index (χ3n) is 2.78. The topological polar surface area (TPSA) is 72.5 Å². The highest BCUT2D eigenvalue weighted by atomic mass is 35.5. The SMILES string of the molecule is O=C(CNS(=O)(=O)c1ccccc1Cl)OCc1ccccc1. The number of ether oxygens (including phenoxy) is 1. The van der Waals surface area contributed by atoms with Gasteiger partial charge in [0.2, 0.25) is 10.0 Å². The van der Waals surface area contributed by atoms with Crippen molar-refractivity contribution in [2.24, 2.45) is 0 Å². The molecule has 0 bridgehead atoms. The summed E-state index contributed by atoms with van der Waals surface area (Å²) in [5.74, 6) is -0.667. The fourth-order valence-electron chi connectivity index (χ4n) is 1.68. The van der Waals surface area contributed by atoms with Crippen LogP contribution in [-0.4, -0.2) is 20.9 Å². The van der Waals surface area contributed by atoms with Crippen molar-refractivity contribution in [3.05, 3.63) is 65.2 Å². The van der Waals surface area contributed by atoms with E-state index in [1.54, 1.807) is 24.3 Å². The predicted molar refractivity (Wildman–Crippen MR) is 82.9 cm³/mol. The van der Waals surface area contributed by atoms with E-state index in [1.807, 2.05) is 18.2 Å². The van der Waals surface area contributed by atoms with Gasteiger partial charge in [-0.2, -0.15) is 4.72 Å². The summed E-state index contributed by atoms with van der Waals surface area (Å²) in [7, 11) is -3.85. The first-order valence-corrected chi connectivity index (χ1v) is 8.29. The molecule has 7 heteroatoms. The number of hydrogen-bond acceptors (Lipinski definition) is 4. The van der Waals surface area contributed by atoms with Crippen LogP contribution in [0, 0.1) is 0 Å². The Labute approximate surface area is 133 Å². The molecule has 2 aromatic carbocycles. The molecule has 2 aromatic rings. The number of rotatable bonds is 6. The third-order valence-corrected chi connectivity index (χ3v) is 4.68. The number of hydrogen-bond donors (Lipinski definition) is 1. The molecule has 0 saturated carbocycles. The van der Waals surface area contributed by atoms with E-state index in [0.29, 0.717) is 0 Å². The average Bonchev–Trinajstić information content (AvgIpc) is 2.52. The van der Waals surface area contributed by atoms with Crippen molar-refractivity contribution in [3.8, 4) is 0 Å². The molecule has 0 aliphatic rings. The molecule has 0 fully saturated rings. The fourth-order valence-corrected chi connectivity index (χ4v) is 3.17. The van der Waals surface area contributed by atoms with Crippen LogP contribution >= 0.6 is 11.6 Å². The molecule has 0 atom stereocenters. The fraction of sp³-hybridized carbons (Fsp3) is 0.133. The van der Waals surface area contributed by atoms with E-state index in [-0.39, 0.29) is 16.5 Å². The number of carbonyl (C=O) groups is 1. The molecular weight excluding hydrogens is 326 g/mol. The van der Waals surface area contributed by atoms with Gasteiger partial charge in [-0.3, -0.25) is 4.79 Å². The first-order valence-electron chi connectivity index (χ1n) is 6.43. The summed E-state index contributed by atoms with van der Waals surface area (Å²) in [6.07, 6.45) is 0. The Hall–Kier alpha value is -1.89. The second kappa shape index (κ2) is 7.40. The van der Waals surface area contributed by atoms with Crippen molar-refractivity contribution in [1.82, 2.24) is 4.72 Å². The molecule has 5 nitrogen and oxygen atoms in total. The van der Waals surface area contributed by atoms with Gasteiger partial charge >= 0.3 is 5.97 Å². The van der Waals surface area contributed by atoms with Crippen molar-refractivity contribution in [3.63, 3.8) is 0 Å². The van der Waals surface area contributed by atoms with Gasteiger partial charge in [0.1, 0.15) is 18.0 Å².